The highest BCUT2D eigenvalue weighted by Gasteiger charge is 2.12. The van der Waals surface area contributed by atoms with Gasteiger partial charge in [-0.25, -0.2) is 4.98 Å². The highest BCUT2D eigenvalue weighted by atomic mass is 16.5. The maximum absolute atomic E-state index is 12.2. The predicted molar refractivity (Wildman–Crippen MR) is 91.2 cm³/mol. The average Bonchev–Trinajstić information content (AvgIpc) is 2.63. The number of pyridine rings is 1. The van der Waals surface area contributed by atoms with Gasteiger partial charge in [-0.1, -0.05) is 6.07 Å². The molecule has 2 heterocycles. The molecule has 0 bridgehead atoms. The van der Waals surface area contributed by atoms with E-state index < -0.39 is 0 Å². The molecule has 1 saturated heterocycles. The van der Waals surface area contributed by atoms with E-state index in [1.807, 2.05) is 12.1 Å². The standard InChI is InChI=1S/C18H21N3O2/c1-23-17-7-5-6-16(20-17)18(22)19-14-8-10-15(11-9-14)21-12-3-2-4-13-21/h5-11H,2-4,12-13H2,1H3,(H,19,22). The molecule has 1 amide bonds. The van der Waals surface area contributed by atoms with Gasteiger partial charge in [-0.3, -0.25) is 4.79 Å². The third-order valence-electron chi connectivity index (χ3n) is 4.01. The van der Waals surface area contributed by atoms with Crippen LogP contribution in [0.25, 0.3) is 0 Å². The van der Waals surface area contributed by atoms with Gasteiger partial charge in [0.15, 0.2) is 0 Å². The van der Waals surface area contributed by atoms with Crippen LogP contribution in [0.4, 0.5) is 11.4 Å². The summed E-state index contributed by atoms with van der Waals surface area (Å²) in [6.45, 7) is 2.22. The van der Waals surface area contributed by atoms with Crippen LogP contribution in [-0.4, -0.2) is 31.1 Å². The SMILES string of the molecule is COc1cccc(C(=O)Nc2ccc(N3CCCCC3)cc2)n1. The van der Waals surface area contributed by atoms with Gasteiger partial charge >= 0.3 is 0 Å². The Morgan fingerprint density at radius 3 is 2.52 bits per heavy atom. The zero-order valence-electron chi connectivity index (χ0n) is 13.3. The number of benzene rings is 1. The third-order valence-corrected chi connectivity index (χ3v) is 4.01. The maximum atomic E-state index is 12.2. The highest BCUT2D eigenvalue weighted by molar-refractivity contribution is 6.03. The van der Waals surface area contributed by atoms with Crippen molar-refractivity contribution in [3.05, 3.63) is 48.2 Å². The van der Waals surface area contributed by atoms with E-state index >= 15 is 0 Å². The fourth-order valence-corrected chi connectivity index (χ4v) is 2.76. The Morgan fingerprint density at radius 1 is 1.09 bits per heavy atom. The number of carbonyl (C=O) groups is 1. The number of nitrogens with zero attached hydrogens (tertiary/aromatic N) is 2. The van der Waals surface area contributed by atoms with E-state index in [1.54, 1.807) is 18.2 Å². The van der Waals surface area contributed by atoms with Crippen LogP contribution in [0.5, 0.6) is 5.88 Å². The minimum absolute atomic E-state index is 0.241. The topological polar surface area (TPSA) is 54.5 Å². The third kappa shape index (κ3) is 3.80. The normalized spacial score (nSPS) is 14.4. The van der Waals surface area contributed by atoms with Crippen LogP contribution >= 0.6 is 0 Å². The van der Waals surface area contributed by atoms with Crippen LogP contribution in [0.15, 0.2) is 42.5 Å². The van der Waals surface area contributed by atoms with E-state index in [-0.39, 0.29) is 5.91 Å². The molecule has 0 spiro atoms. The molecule has 1 N–H and O–H groups in total. The van der Waals surface area contributed by atoms with Gasteiger partial charge in [0.1, 0.15) is 5.69 Å². The van der Waals surface area contributed by atoms with Crippen molar-refractivity contribution in [2.45, 2.75) is 19.3 Å². The Kier molecular flexibility index (Phi) is 4.76. The molecule has 0 unspecified atom stereocenters. The van der Waals surface area contributed by atoms with E-state index in [0.717, 1.165) is 18.8 Å². The second kappa shape index (κ2) is 7.13. The van der Waals surface area contributed by atoms with Gasteiger partial charge in [-0.2, -0.15) is 0 Å². The molecule has 2 aromatic rings. The van der Waals surface area contributed by atoms with Crippen molar-refractivity contribution in [3.63, 3.8) is 0 Å². The average molecular weight is 311 g/mol. The van der Waals surface area contributed by atoms with Crippen LogP contribution in [0.2, 0.25) is 0 Å². The van der Waals surface area contributed by atoms with Gasteiger partial charge in [-0.15, -0.1) is 0 Å². The predicted octanol–water partition coefficient (Wildman–Crippen LogP) is 3.33. The number of anilines is 2. The highest BCUT2D eigenvalue weighted by Crippen LogP contribution is 2.22. The summed E-state index contributed by atoms with van der Waals surface area (Å²) in [6, 6.07) is 13.1. The number of ether oxygens (including phenoxy) is 1. The molecule has 5 nitrogen and oxygen atoms in total. The lowest BCUT2D eigenvalue weighted by Crippen LogP contribution is -2.29. The monoisotopic (exact) mass is 311 g/mol. The van der Waals surface area contributed by atoms with E-state index in [9.17, 15) is 4.79 Å². The minimum atomic E-state index is -0.241. The van der Waals surface area contributed by atoms with Crippen molar-refractivity contribution in [2.24, 2.45) is 0 Å². The summed E-state index contributed by atoms with van der Waals surface area (Å²) in [7, 11) is 1.53. The molecular weight excluding hydrogens is 290 g/mol. The second-order valence-electron chi connectivity index (χ2n) is 5.61. The number of carbonyl (C=O) groups excluding carboxylic acids is 1. The Bertz CT molecular complexity index is 664. The van der Waals surface area contributed by atoms with E-state index in [0.29, 0.717) is 11.6 Å². The van der Waals surface area contributed by atoms with Gasteiger partial charge in [0.25, 0.3) is 5.91 Å². The minimum Gasteiger partial charge on any atom is -0.481 e. The molecule has 23 heavy (non-hydrogen) atoms. The number of aromatic nitrogens is 1. The summed E-state index contributed by atoms with van der Waals surface area (Å²) >= 11 is 0. The molecule has 3 rings (SSSR count). The molecule has 1 fully saturated rings. The van der Waals surface area contributed by atoms with Gasteiger partial charge in [0, 0.05) is 30.5 Å². The summed E-state index contributed by atoms with van der Waals surface area (Å²) in [5.74, 6) is 0.188. The molecule has 5 heteroatoms. The molecule has 1 aliphatic rings. The van der Waals surface area contributed by atoms with Crippen molar-refractivity contribution in [2.75, 3.05) is 30.4 Å². The Balaban J connectivity index is 1.66. The molecule has 1 aromatic carbocycles. The number of piperidine rings is 1. The molecule has 1 aromatic heterocycles. The van der Waals surface area contributed by atoms with Crippen molar-refractivity contribution in [3.8, 4) is 5.88 Å². The Morgan fingerprint density at radius 2 is 1.83 bits per heavy atom. The van der Waals surface area contributed by atoms with E-state index in [4.69, 9.17) is 4.74 Å². The Labute approximate surface area is 136 Å². The number of hydrogen-bond donors (Lipinski definition) is 1. The van der Waals surface area contributed by atoms with Gasteiger partial charge in [0.2, 0.25) is 5.88 Å². The summed E-state index contributed by atoms with van der Waals surface area (Å²) in [5.41, 5.74) is 2.31. The van der Waals surface area contributed by atoms with Crippen LogP contribution in [-0.2, 0) is 0 Å². The summed E-state index contributed by atoms with van der Waals surface area (Å²) in [5, 5.41) is 2.86. The number of hydrogen-bond acceptors (Lipinski definition) is 4. The second-order valence-corrected chi connectivity index (χ2v) is 5.61. The maximum Gasteiger partial charge on any atom is 0.274 e. The first-order chi connectivity index (χ1) is 11.3. The van der Waals surface area contributed by atoms with Crippen LogP contribution in [0.1, 0.15) is 29.8 Å². The zero-order chi connectivity index (χ0) is 16.1. The Hall–Kier alpha value is -2.56. The molecular formula is C18H21N3O2. The van der Waals surface area contributed by atoms with Gasteiger partial charge in [-0.05, 0) is 49.6 Å². The summed E-state index contributed by atoms with van der Waals surface area (Å²) in [4.78, 5) is 18.8. The number of nitrogens with one attached hydrogen (secondary N) is 1. The van der Waals surface area contributed by atoms with Gasteiger partial charge < -0.3 is 15.0 Å². The van der Waals surface area contributed by atoms with E-state index in [2.05, 4.69) is 27.3 Å². The van der Waals surface area contributed by atoms with E-state index in [1.165, 1.54) is 32.1 Å². The fraction of sp³-hybridized carbons (Fsp3) is 0.333. The first-order valence-corrected chi connectivity index (χ1v) is 7.94. The molecule has 0 radical (unpaired) electrons. The molecule has 0 saturated carbocycles. The smallest absolute Gasteiger partial charge is 0.274 e. The summed E-state index contributed by atoms with van der Waals surface area (Å²) in [6.07, 6.45) is 3.82. The van der Waals surface area contributed by atoms with Gasteiger partial charge in [0.05, 0.1) is 7.11 Å². The molecule has 1 aliphatic heterocycles. The number of amides is 1. The van der Waals surface area contributed by atoms with Crippen LogP contribution in [0.3, 0.4) is 0 Å². The molecule has 0 aliphatic carbocycles. The van der Waals surface area contributed by atoms with Crippen molar-refractivity contribution in [1.82, 2.24) is 4.98 Å². The molecule has 0 atom stereocenters. The lowest BCUT2D eigenvalue weighted by Gasteiger charge is -2.28. The van der Waals surface area contributed by atoms with Crippen LogP contribution in [0, 0.1) is 0 Å². The number of rotatable bonds is 4. The first-order valence-electron chi connectivity index (χ1n) is 7.94. The fourth-order valence-electron chi connectivity index (χ4n) is 2.76. The van der Waals surface area contributed by atoms with Crippen molar-refractivity contribution < 1.29 is 9.53 Å². The largest absolute Gasteiger partial charge is 0.481 e. The quantitative estimate of drug-likeness (QED) is 0.941. The summed E-state index contributed by atoms with van der Waals surface area (Å²) < 4.78 is 5.04. The van der Waals surface area contributed by atoms with Crippen molar-refractivity contribution in [1.29, 1.82) is 0 Å². The number of methoxy groups -OCH3 is 1. The zero-order valence-corrected chi connectivity index (χ0v) is 13.3. The lowest BCUT2D eigenvalue weighted by molar-refractivity contribution is 0.102. The molecule has 120 valence electrons. The lowest BCUT2D eigenvalue weighted by atomic mass is 10.1. The van der Waals surface area contributed by atoms with Crippen LogP contribution < -0.4 is 15.0 Å². The first kappa shape index (κ1) is 15.3. The van der Waals surface area contributed by atoms with Crippen molar-refractivity contribution >= 4 is 17.3 Å².